The molecule has 0 radical (unpaired) electrons. The lowest BCUT2D eigenvalue weighted by Crippen LogP contribution is -2.14. The summed E-state index contributed by atoms with van der Waals surface area (Å²) in [7, 11) is 0. The van der Waals surface area contributed by atoms with E-state index in [1.165, 1.54) is 0 Å². The van der Waals surface area contributed by atoms with Gasteiger partial charge in [0.1, 0.15) is 16.9 Å². The third kappa shape index (κ3) is 3.90. The molecule has 3 N–H and O–H groups in total. The SMILES string of the molecule is Nc1ncc(-c2ccc(CC(=O)Nc3ncn4c(C(F)(F)F)csc34)cc2)cn1. The van der Waals surface area contributed by atoms with Crippen LogP contribution < -0.4 is 11.1 Å². The van der Waals surface area contributed by atoms with Crippen molar-refractivity contribution in [3.63, 3.8) is 0 Å². The number of aromatic nitrogens is 4. The number of rotatable bonds is 4. The van der Waals surface area contributed by atoms with Crippen LogP contribution in [0.15, 0.2) is 48.4 Å². The van der Waals surface area contributed by atoms with Gasteiger partial charge in [0.25, 0.3) is 0 Å². The molecule has 0 bridgehead atoms. The maximum atomic E-state index is 12.9. The van der Waals surface area contributed by atoms with Crippen molar-refractivity contribution < 1.29 is 18.0 Å². The first-order valence-corrected chi connectivity index (χ1v) is 9.17. The summed E-state index contributed by atoms with van der Waals surface area (Å²) in [6.45, 7) is 0. The molecule has 3 aromatic heterocycles. The number of thiazole rings is 1. The first-order chi connectivity index (χ1) is 13.8. The Hall–Kier alpha value is -3.47. The number of anilines is 2. The second kappa shape index (κ2) is 7.17. The van der Waals surface area contributed by atoms with E-state index in [9.17, 15) is 18.0 Å². The van der Waals surface area contributed by atoms with E-state index < -0.39 is 11.9 Å². The number of amides is 1. The number of nitrogen functional groups attached to an aromatic ring is 1. The number of nitrogens with two attached hydrogens (primary N) is 1. The van der Waals surface area contributed by atoms with Gasteiger partial charge in [0.15, 0.2) is 5.82 Å². The Bertz CT molecular complexity index is 1170. The average Bonchev–Trinajstić information content (AvgIpc) is 3.26. The van der Waals surface area contributed by atoms with Gasteiger partial charge in [-0.15, -0.1) is 11.3 Å². The predicted molar refractivity (Wildman–Crippen MR) is 102 cm³/mol. The zero-order chi connectivity index (χ0) is 20.6. The summed E-state index contributed by atoms with van der Waals surface area (Å²) in [5, 5.41) is 3.56. The normalized spacial score (nSPS) is 11.7. The third-order valence-electron chi connectivity index (χ3n) is 4.14. The summed E-state index contributed by atoms with van der Waals surface area (Å²) in [5.41, 5.74) is 7.03. The zero-order valence-corrected chi connectivity index (χ0v) is 15.5. The molecule has 3 heterocycles. The maximum absolute atomic E-state index is 12.9. The number of nitrogens with zero attached hydrogens (tertiary/aromatic N) is 4. The molecule has 7 nitrogen and oxygen atoms in total. The summed E-state index contributed by atoms with van der Waals surface area (Å²) < 4.78 is 39.7. The Kier molecular flexibility index (Phi) is 4.66. The van der Waals surface area contributed by atoms with Crippen molar-refractivity contribution in [2.45, 2.75) is 12.6 Å². The number of alkyl halides is 3. The molecule has 0 saturated heterocycles. The fourth-order valence-corrected chi connectivity index (χ4v) is 3.69. The number of hydrogen-bond acceptors (Lipinski definition) is 6. The largest absolute Gasteiger partial charge is 0.432 e. The van der Waals surface area contributed by atoms with E-state index in [-0.39, 0.29) is 28.9 Å². The van der Waals surface area contributed by atoms with Gasteiger partial charge in [0, 0.05) is 23.3 Å². The molecule has 1 aromatic carbocycles. The molecular weight excluding hydrogens is 405 g/mol. The van der Waals surface area contributed by atoms with Crippen molar-refractivity contribution in [1.82, 2.24) is 19.4 Å². The second-order valence-corrected chi connectivity index (χ2v) is 7.00. The molecule has 29 heavy (non-hydrogen) atoms. The Morgan fingerprint density at radius 3 is 2.45 bits per heavy atom. The highest BCUT2D eigenvalue weighted by molar-refractivity contribution is 7.16. The number of imidazole rings is 1. The van der Waals surface area contributed by atoms with E-state index in [0.29, 0.717) is 0 Å². The van der Waals surface area contributed by atoms with Gasteiger partial charge in [0.05, 0.1) is 6.42 Å². The summed E-state index contributed by atoms with van der Waals surface area (Å²) in [6.07, 6.45) is -0.186. The zero-order valence-electron chi connectivity index (χ0n) is 14.6. The molecule has 0 aliphatic rings. The van der Waals surface area contributed by atoms with Crippen LogP contribution in [-0.2, 0) is 17.4 Å². The molecule has 0 spiro atoms. The van der Waals surface area contributed by atoms with Crippen molar-refractivity contribution in [2.75, 3.05) is 11.1 Å². The molecule has 0 aliphatic carbocycles. The van der Waals surface area contributed by atoms with E-state index in [0.717, 1.165) is 44.1 Å². The van der Waals surface area contributed by atoms with E-state index in [2.05, 4.69) is 20.3 Å². The van der Waals surface area contributed by atoms with Crippen molar-refractivity contribution in [2.24, 2.45) is 0 Å². The topological polar surface area (TPSA) is 98.2 Å². The van der Waals surface area contributed by atoms with E-state index >= 15 is 0 Å². The second-order valence-electron chi connectivity index (χ2n) is 6.14. The fraction of sp³-hybridized carbons (Fsp3) is 0.111. The lowest BCUT2D eigenvalue weighted by atomic mass is 10.1. The number of halogens is 3. The lowest BCUT2D eigenvalue weighted by Gasteiger charge is -2.05. The highest BCUT2D eigenvalue weighted by atomic mass is 32.1. The smallest absolute Gasteiger partial charge is 0.368 e. The Morgan fingerprint density at radius 2 is 1.79 bits per heavy atom. The Balaban J connectivity index is 1.45. The molecule has 0 saturated carbocycles. The van der Waals surface area contributed by atoms with Gasteiger partial charge in [-0.05, 0) is 11.1 Å². The lowest BCUT2D eigenvalue weighted by molar-refractivity contribution is -0.141. The Morgan fingerprint density at radius 1 is 1.10 bits per heavy atom. The number of nitrogens with one attached hydrogen (secondary N) is 1. The third-order valence-corrected chi connectivity index (χ3v) is 5.09. The van der Waals surface area contributed by atoms with Gasteiger partial charge in [-0.1, -0.05) is 24.3 Å². The van der Waals surface area contributed by atoms with Crippen LogP contribution >= 0.6 is 11.3 Å². The first-order valence-electron chi connectivity index (χ1n) is 8.29. The van der Waals surface area contributed by atoms with Crippen LogP contribution in [-0.4, -0.2) is 25.3 Å². The summed E-state index contributed by atoms with van der Waals surface area (Å²) in [6, 6.07) is 7.20. The predicted octanol–water partition coefficient (Wildman–Crippen LogP) is 3.64. The molecular formula is C18H13F3N6OS. The summed E-state index contributed by atoms with van der Waals surface area (Å²) in [4.78, 5) is 24.3. The molecule has 0 unspecified atom stereocenters. The van der Waals surface area contributed by atoms with Crippen molar-refractivity contribution >= 4 is 33.8 Å². The maximum Gasteiger partial charge on any atom is 0.432 e. The van der Waals surface area contributed by atoms with Crippen LogP contribution in [0.3, 0.4) is 0 Å². The first kappa shape index (κ1) is 18.9. The monoisotopic (exact) mass is 418 g/mol. The van der Waals surface area contributed by atoms with Crippen LogP contribution in [0.1, 0.15) is 11.3 Å². The summed E-state index contributed by atoms with van der Waals surface area (Å²) >= 11 is 0.868. The Labute approximate surface area is 166 Å². The van der Waals surface area contributed by atoms with Crippen LogP contribution in [0.4, 0.5) is 24.9 Å². The average molecular weight is 418 g/mol. The summed E-state index contributed by atoms with van der Waals surface area (Å²) in [5.74, 6) is -0.0919. The van der Waals surface area contributed by atoms with E-state index in [1.807, 2.05) is 12.1 Å². The minimum absolute atomic E-state index is 0.0506. The standard InChI is InChI=1S/C18H13F3N6OS/c19-18(20,21)13-8-29-16-15(25-9-27(13)16)26-14(28)5-10-1-3-11(4-2-10)12-6-23-17(22)24-7-12/h1-4,6-9H,5H2,(H,26,28)(H2,22,23,24). The van der Waals surface area contributed by atoms with E-state index in [4.69, 9.17) is 5.73 Å². The number of hydrogen-bond donors (Lipinski definition) is 2. The minimum atomic E-state index is -4.49. The highest BCUT2D eigenvalue weighted by Gasteiger charge is 2.35. The quantitative estimate of drug-likeness (QED) is 0.527. The van der Waals surface area contributed by atoms with Crippen molar-refractivity contribution in [3.8, 4) is 11.1 Å². The number of carbonyl (C=O) groups excluding carboxylic acids is 1. The van der Waals surface area contributed by atoms with Gasteiger partial charge in [-0.3, -0.25) is 9.20 Å². The molecule has 1 amide bonds. The van der Waals surface area contributed by atoms with Crippen molar-refractivity contribution in [1.29, 1.82) is 0 Å². The number of fused-ring (bicyclic) bond motifs is 1. The molecule has 0 aliphatic heterocycles. The van der Waals surface area contributed by atoms with Gasteiger partial charge < -0.3 is 11.1 Å². The molecule has 0 atom stereocenters. The van der Waals surface area contributed by atoms with Crippen LogP contribution in [0, 0.1) is 0 Å². The van der Waals surface area contributed by atoms with Crippen LogP contribution in [0.2, 0.25) is 0 Å². The van der Waals surface area contributed by atoms with Gasteiger partial charge >= 0.3 is 6.18 Å². The molecule has 0 fully saturated rings. The van der Waals surface area contributed by atoms with Crippen molar-refractivity contribution in [3.05, 3.63) is 59.6 Å². The van der Waals surface area contributed by atoms with Crippen LogP contribution in [0.5, 0.6) is 0 Å². The van der Waals surface area contributed by atoms with Crippen LogP contribution in [0.25, 0.3) is 16.0 Å². The molecule has 148 valence electrons. The number of benzene rings is 1. The van der Waals surface area contributed by atoms with Gasteiger partial charge in [0.2, 0.25) is 11.9 Å². The molecule has 4 rings (SSSR count). The molecule has 4 aromatic rings. The minimum Gasteiger partial charge on any atom is -0.368 e. The highest BCUT2D eigenvalue weighted by Crippen LogP contribution is 2.35. The number of carbonyl (C=O) groups is 1. The van der Waals surface area contributed by atoms with E-state index in [1.54, 1.807) is 24.5 Å². The molecule has 11 heteroatoms. The van der Waals surface area contributed by atoms with Gasteiger partial charge in [-0.25, -0.2) is 15.0 Å². The fourth-order valence-electron chi connectivity index (χ4n) is 2.74. The van der Waals surface area contributed by atoms with Gasteiger partial charge in [-0.2, -0.15) is 13.2 Å².